The molecular weight excluding hydrogens is 291 g/mol. The average molecular weight is 307 g/mol. The lowest BCUT2D eigenvalue weighted by Gasteiger charge is -2.33. The van der Waals surface area contributed by atoms with Crippen molar-refractivity contribution < 1.29 is 4.79 Å². The number of amides is 1. The van der Waals surface area contributed by atoms with E-state index in [2.05, 4.69) is 0 Å². The SMILES string of the molecule is CC(N)C1CCN(C(=O)c2cc(Cl)sc2Cl)CC1. The maximum Gasteiger partial charge on any atom is 0.256 e. The van der Waals surface area contributed by atoms with Gasteiger partial charge in [0.15, 0.2) is 0 Å². The molecule has 2 rings (SSSR count). The molecule has 1 saturated heterocycles. The molecule has 2 heterocycles. The zero-order valence-corrected chi connectivity index (χ0v) is 12.5. The molecule has 18 heavy (non-hydrogen) atoms. The summed E-state index contributed by atoms with van der Waals surface area (Å²) in [6, 6.07) is 1.84. The van der Waals surface area contributed by atoms with E-state index in [0.29, 0.717) is 20.2 Å². The molecule has 2 N–H and O–H groups in total. The van der Waals surface area contributed by atoms with E-state index in [1.54, 1.807) is 6.07 Å². The van der Waals surface area contributed by atoms with Crippen molar-refractivity contribution >= 4 is 40.4 Å². The quantitative estimate of drug-likeness (QED) is 0.911. The summed E-state index contributed by atoms with van der Waals surface area (Å²) in [6.45, 7) is 3.52. The van der Waals surface area contributed by atoms with Crippen LogP contribution in [0.15, 0.2) is 6.07 Å². The summed E-state index contributed by atoms with van der Waals surface area (Å²) in [6.07, 6.45) is 1.91. The Bertz CT molecular complexity index is 439. The Balaban J connectivity index is 2.02. The molecule has 0 aliphatic carbocycles. The van der Waals surface area contributed by atoms with Gasteiger partial charge < -0.3 is 10.6 Å². The minimum absolute atomic E-state index is 0.0220. The van der Waals surface area contributed by atoms with Crippen LogP contribution in [0.1, 0.15) is 30.1 Å². The lowest BCUT2D eigenvalue weighted by Crippen LogP contribution is -2.42. The van der Waals surface area contributed by atoms with Crippen LogP contribution in [0.4, 0.5) is 0 Å². The highest BCUT2D eigenvalue weighted by Gasteiger charge is 2.27. The number of carbonyl (C=O) groups excluding carboxylic acids is 1. The Labute approximate surface area is 121 Å². The van der Waals surface area contributed by atoms with E-state index < -0.39 is 0 Å². The maximum absolute atomic E-state index is 12.3. The summed E-state index contributed by atoms with van der Waals surface area (Å²) in [4.78, 5) is 14.1. The Kier molecular flexibility index (Phi) is 4.54. The Morgan fingerprint density at radius 2 is 2.11 bits per heavy atom. The van der Waals surface area contributed by atoms with Crippen molar-refractivity contribution in [3.63, 3.8) is 0 Å². The molecule has 0 radical (unpaired) electrons. The molecule has 1 aliphatic heterocycles. The zero-order valence-electron chi connectivity index (χ0n) is 10.2. The molecular formula is C12H16Cl2N2OS. The number of piperidine rings is 1. The van der Waals surface area contributed by atoms with Gasteiger partial charge in [0.2, 0.25) is 0 Å². The van der Waals surface area contributed by atoms with Crippen LogP contribution in [-0.4, -0.2) is 29.9 Å². The van der Waals surface area contributed by atoms with Crippen molar-refractivity contribution in [2.45, 2.75) is 25.8 Å². The summed E-state index contributed by atoms with van der Waals surface area (Å²) < 4.78 is 1.02. The van der Waals surface area contributed by atoms with Gasteiger partial charge in [-0.1, -0.05) is 23.2 Å². The van der Waals surface area contributed by atoms with Gasteiger partial charge >= 0.3 is 0 Å². The first kappa shape index (κ1) is 14.1. The molecule has 3 nitrogen and oxygen atoms in total. The zero-order chi connectivity index (χ0) is 13.3. The number of hydrogen-bond donors (Lipinski definition) is 1. The van der Waals surface area contributed by atoms with Gasteiger partial charge in [-0.2, -0.15) is 0 Å². The van der Waals surface area contributed by atoms with Crippen LogP contribution in [0.25, 0.3) is 0 Å². The number of hydrogen-bond acceptors (Lipinski definition) is 3. The standard InChI is InChI=1S/C12H16Cl2N2OS/c1-7(15)8-2-4-16(5-3-8)12(17)9-6-10(13)18-11(9)14/h6-8H,2-5,15H2,1H3. The number of rotatable bonds is 2. The number of nitrogens with zero attached hydrogens (tertiary/aromatic N) is 1. The second-order valence-corrected chi connectivity index (χ2v) is 7.01. The number of halogens is 2. The van der Waals surface area contributed by atoms with Gasteiger partial charge in [0, 0.05) is 19.1 Å². The Morgan fingerprint density at radius 3 is 2.56 bits per heavy atom. The van der Waals surface area contributed by atoms with Crippen LogP contribution in [0.3, 0.4) is 0 Å². The lowest BCUT2D eigenvalue weighted by molar-refractivity contribution is 0.0681. The van der Waals surface area contributed by atoms with Crippen molar-refractivity contribution in [3.8, 4) is 0 Å². The highest BCUT2D eigenvalue weighted by molar-refractivity contribution is 7.20. The minimum atomic E-state index is -0.0220. The summed E-state index contributed by atoms with van der Waals surface area (Å²) >= 11 is 13.1. The molecule has 1 aromatic heterocycles. The summed E-state index contributed by atoms with van der Waals surface area (Å²) in [5.74, 6) is 0.488. The molecule has 1 aromatic rings. The van der Waals surface area contributed by atoms with Gasteiger partial charge in [0.1, 0.15) is 4.34 Å². The fourth-order valence-corrected chi connectivity index (χ4v) is 3.73. The van der Waals surface area contributed by atoms with Crippen LogP contribution in [0.5, 0.6) is 0 Å². The first-order valence-electron chi connectivity index (χ1n) is 5.98. The molecule has 0 bridgehead atoms. The van der Waals surface area contributed by atoms with Crippen molar-refractivity contribution in [1.29, 1.82) is 0 Å². The van der Waals surface area contributed by atoms with Crippen molar-refractivity contribution in [2.75, 3.05) is 13.1 Å². The minimum Gasteiger partial charge on any atom is -0.339 e. The fraction of sp³-hybridized carbons (Fsp3) is 0.583. The molecule has 0 spiro atoms. The van der Waals surface area contributed by atoms with Crippen LogP contribution < -0.4 is 5.73 Å². The first-order chi connectivity index (χ1) is 8.49. The van der Waals surface area contributed by atoms with E-state index in [9.17, 15) is 4.79 Å². The number of thiophene rings is 1. The predicted octanol–water partition coefficient (Wildman–Crippen LogP) is 3.25. The van der Waals surface area contributed by atoms with Gasteiger partial charge in [0.25, 0.3) is 5.91 Å². The van der Waals surface area contributed by atoms with Crippen LogP contribution in [0.2, 0.25) is 8.67 Å². The number of nitrogens with two attached hydrogens (primary N) is 1. The molecule has 0 saturated carbocycles. The largest absolute Gasteiger partial charge is 0.339 e. The number of likely N-dealkylation sites (tertiary alicyclic amines) is 1. The van der Waals surface area contributed by atoms with Crippen LogP contribution >= 0.6 is 34.5 Å². The summed E-state index contributed by atoms with van der Waals surface area (Å²) in [7, 11) is 0. The average Bonchev–Trinajstić information content (AvgIpc) is 2.67. The summed E-state index contributed by atoms with van der Waals surface area (Å²) in [5.41, 5.74) is 6.41. The van der Waals surface area contributed by atoms with Crippen molar-refractivity contribution in [1.82, 2.24) is 4.90 Å². The van der Waals surface area contributed by atoms with Gasteiger partial charge in [-0.25, -0.2) is 0 Å². The van der Waals surface area contributed by atoms with Gasteiger partial charge in [0.05, 0.1) is 9.90 Å². The molecule has 1 unspecified atom stereocenters. The molecule has 100 valence electrons. The summed E-state index contributed by atoms with van der Waals surface area (Å²) in [5, 5.41) is 0. The smallest absolute Gasteiger partial charge is 0.256 e. The number of carbonyl (C=O) groups is 1. The van der Waals surface area contributed by atoms with E-state index in [1.165, 1.54) is 11.3 Å². The van der Waals surface area contributed by atoms with E-state index in [4.69, 9.17) is 28.9 Å². The third kappa shape index (κ3) is 2.99. The van der Waals surface area contributed by atoms with Crippen molar-refractivity contribution in [2.24, 2.45) is 11.7 Å². The monoisotopic (exact) mass is 306 g/mol. The second-order valence-electron chi connectivity index (χ2n) is 4.73. The topological polar surface area (TPSA) is 46.3 Å². The second kappa shape index (κ2) is 5.78. The van der Waals surface area contributed by atoms with Crippen LogP contribution in [0, 0.1) is 5.92 Å². The molecule has 0 aromatic carbocycles. The third-order valence-electron chi connectivity index (χ3n) is 3.46. The molecule has 1 aliphatic rings. The Morgan fingerprint density at radius 1 is 1.50 bits per heavy atom. The first-order valence-corrected chi connectivity index (χ1v) is 7.56. The van der Waals surface area contributed by atoms with Crippen molar-refractivity contribution in [3.05, 3.63) is 20.3 Å². The van der Waals surface area contributed by atoms with Gasteiger partial charge in [-0.3, -0.25) is 4.79 Å². The van der Waals surface area contributed by atoms with E-state index in [1.807, 2.05) is 11.8 Å². The molecule has 1 fully saturated rings. The molecule has 6 heteroatoms. The van der Waals surface area contributed by atoms with E-state index in [0.717, 1.165) is 25.9 Å². The predicted molar refractivity (Wildman–Crippen MR) is 76.6 cm³/mol. The van der Waals surface area contributed by atoms with E-state index >= 15 is 0 Å². The normalized spacial score (nSPS) is 19.0. The maximum atomic E-state index is 12.3. The highest BCUT2D eigenvalue weighted by atomic mass is 35.5. The Hall–Kier alpha value is -0.290. The third-order valence-corrected chi connectivity index (χ3v) is 4.95. The molecule has 1 atom stereocenters. The van der Waals surface area contributed by atoms with Crippen LogP contribution in [-0.2, 0) is 0 Å². The van der Waals surface area contributed by atoms with Gasteiger partial charge in [-0.05, 0) is 31.7 Å². The lowest BCUT2D eigenvalue weighted by atomic mass is 9.91. The fourth-order valence-electron chi connectivity index (χ4n) is 2.28. The van der Waals surface area contributed by atoms with E-state index in [-0.39, 0.29) is 11.9 Å². The molecule has 1 amide bonds. The van der Waals surface area contributed by atoms with Gasteiger partial charge in [-0.15, -0.1) is 11.3 Å². The highest BCUT2D eigenvalue weighted by Crippen LogP contribution is 2.32.